The molecule has 0 spiro atoms. The van der Waals surface area contributed by atoms with Gasteiger partial charge < -0.3 is 0 Å². The molecule has 1 atom stereocenters. The van der Waals surface area contributed by atoms with Crippen molar-refractivity contribution in [2.75, 3.05) is 13.1 Å². The zero-order valence-electron chi connectivity index (χ0n) is 10.5. The average Bonchev–Trinajstić information content (AvgIpc) is 2.63. The maximum atomic E-state index is 13.9. The lowest BCUT2D eigenvalue weighted by Crippen LogP contribution is -2.48. The minimum absolute atomic E-state index is 0.0647. The van der Waals surface area contributed by atoms with E-state index in [4.69, 9.17) is 0 Å². The number of hydrogen-bond acceptors (Lipinski definition) is 2. The Kier molecular flexibility index (Phi) is 3.21. The second kappa shape index (κ2) is 4.37. The fraction of sp³-hybridized carbons (Fsp3) is 0.750. The molecule has 3 nitrogen and oxygen atoms in total. The minimum Gasteiger partial charge on any atom is -0.300 e. The van der Waals surface area contributed by atoms with Crippen molar-refractivity contribution in [2.45, 2.75) is 38.2 Å². The van der Waals surface area contributed by atoms with E-state index in [1.807, 2.05) is 13.8 Å². The largest absolute Gasteiger partial charge is 0.300 e. The van der Waals surface area contributed by atoms with Crippen LogP contribution in [0.15, 0.2) is 12.4 Å². The number of piperidine rings is 1. The van der Waals surface area contributed by atoms with Crippen LogP contribution in [-0.2, 0) is 7.05 Å². The van der Waals surface area contributed by atoms with E-state index in [2.05, 4.69) is 10.00 Å². The van der Waals surface area contributed by atoms with E-state index in [1.165, 1.54) is 0 Å². The van der Waals surface area contributed by atoms with E-state index >= 15 is 0 Å². The highest BCUT2D eigenvalue weighted by Crippen LogP contribution is 2.40. The summed E-state index contributed by atoms with van der Waals surface area (Å²) in [5, 5.41) is 3.99. The fourth-order valence-electron chi connectivity index (χ4n) is 2.36. The van der Waals surface area contributed by atoms with Crippen LogP contribution in [0.1, 0.15) is 31.7 Å². The molecule has 0 amide bonds. The molecule has 0 radical (unpaired) electrons. The highest BCUT2D eigenvalue weighted by Gasteiger charge is 2.45. The standard InChI is InChI=1S/C12H19F2N3/c1-9(2)17-5-4-12(13,14)11(8-17)10-6-15-16(3)7-10/h6-7,9,11H,4-5,8H2,1-3H3. The molecule has 0 N–H and O–H groups in total. The van der Waals surface area contributed by atoms with Crippen molar-refractivity contribution in [3.8, 4) is 0 Å². The summed E-state index contributed by atoms with van der Waals surface area (Å²) in [6, 6.07) is 0.310. The molecule has 96 valence electrons. The third kappa shape index (κ3) is 2.49. The van der Waals surface area contributed by atoms with Crippen molar-refractivity contribution in [1.82, 2.24) is 14.7 Å². The lowest BCUT2D eigenvalue weighted by molar-refractivity contribution is -0.0807. The molecule has 1 saturated heterocycles. The normalized spacial score (nSPS) is 25.4. The molecule has 17 heavy (non-hydrogen) atoms. The molecule has 1 fully saturated rings. The first-order valence-corrected chi connectivity index (χ1v) is 6.00. The number of hydrogen-bond donors (Lipinski definition) is 0. The highest BCUT2D eigenvalue weighted by molar-refractivity contribution is 5.17. The molecular weight excluding hydrogens is 224 g/mol. The first-order valence-electron chi connectivity index (χ1n) is 6.00. The van der Waals surface area contributed by atoms with E-state index in [0.717, 1.165) is 0 Å². The van der Waals surface area contributed by atoms with Gasteiger partial charge in [0.25, 0.3) is 5.92 Å². The lowest BCUT2D eigenvalue weighted by atomic mass is 9.88. The van der Waals surface area contributed by atoms with Crippen LogP contribution in [0.2, 0.25) is 0 Å². The molecule has 2 rings (SSSR count). The van der Waals surface area contributed by atoms with Gasteiger partial charge in [0.2, 0.25) is 0 Å². The Bertz CT molecular complexity index is 387. The number of alkyl halides is 2. The predicted octanol–water partition coefficient (Wildman–Crippen LogP) is 2.25. The van der Waals surface area contributed by atoms with E-state index < -0.39 is 11.8 Å². The molecule has 0 bridgehead atoms. The van der Waals surface area contributed by atoms with Gasteiger partial charge >= 0.3 is 0 Å². The van der Waals surface area contributed by atoms with Crippen LogP contribution in [0.3, 0.4) is 0 Å². The Hall–Kier alpha value is -0.970. The molecule has 5 heteroatoms. The van der Waals surface area contributed by atoms with Gasteiger partial charge in [0, 0.05) is 44.4 Å². The number of aryl methyl sites for hydroxylation is 1. The smallest absolute Gasteiger partial charge is 0.257 e. The molecule has 0 aliphatic carbocycles. The van der Waals surface area contributed by atoms with Crippen LogP contribution in [0.25, 0.3) is 0 Å². The van der Waals surface area contributed by atoms with Crippen molar-refractivity contribution in [2.24, 2.45) is 7.05 Å². The van der Waals surface area contributed by atoms with E-state index in [9.17, 15) is 8.78 Å². The van der Waals surface area contributed by atoms with Gasteiger partial charge in [-0.1, -0.05) is 0 Å². The van der Waals surface area contributed by atoms with Crippen molar-refractivity contribution in [1.29, 1.82) is 0 Å². The molecule has 1 unspecified atom stereocenters. The summed E-state index contributed by atoms with van der Waals surface area (Å²) in [6.45, 7) is 4.98. The third-order valence-corrected chi connectivity index (χ3v) is 3.52. The Morgan fingerprint density at radius 1 is 1.47 bits per heavy atom. The van der Waals surface area contributed by atoms with Gasteiger partial charge in [-0.2, -0.15) is 5.10 Å². The Labute approximate surface area is 100 Å². The van der Waals surface area contributed by atoms with E-state index in [0.29, 0.717) is 24.7 Å². The van der Waals surface area contributed by atoms with Gasteiger partial charge in [-0.25, -0.2) is 8.78 Å². The first-order chi connectivity index (χ1) is 7.90. The molecule has 2 heterocycles. The molecular formula is C12H19F2N3. The van der Waals surface area contributed by atoms with Crippen LogP contribution in [0.4, 0.5) is 8.78 Å². The van der Waals surface area contributed by atoms with Gasteiger partial charge in [-0.3, -0.25) is 9.58 Å². The lowest BCUT2D eigenvalue weighted by Gasteiger charge is -2.40. The topological polar surface area (TPSA) is 21.1 Å². The van der Waals surface area contributed by atoms with Gasteiger partial charge in [0.1, 0.15) is 0 Å². The molecule has 1 aliphatic rings. The minimum atomic E-state index is -2.62. The molecule has 1 aromatic rings. The zero-order valence-corrected chi connectivity index (χ0v) is 10.5. The SMILES string of the molecule is CC(C)N1CCC(F)(F)C(c2cnn(C)c2)C1. The van der Waals surface area contributed by atoms with Gasteiger partial charge in [0.05, 0.1) is 12.1 Å². The van der Waals surface area contributed by atoms with Crippen LogP contribution < -0.4 is 0 Å². The van der Waals surface area contributed by atoms with Crippen LogP contribution in [0.5, 0.6) is 0 Å². The molecule has 1 aromatic heterocycles. The summed E-state index contributed by atoms with van der Waals surface area (Å²) in [5.74, 6) is -3.35. The number of aromatic nitrogens is 2. The number of likely N-dealkylation sites (tertiary alicyclic amines) is 1. The van der Waals surface area contributed by atoms with E-state index in [-0.39, 0.29) is 6.42 Å². The number of halogens is 2. The molecule has 0 saturated carbocycles. The Balaban J connectivity index is 2.22. The number of rotatable bonds is 2. The number of nitrogens with zero attached hydrogens (tertiary/aromatic N) is 3. The Morgan fingerprint density at radius 2 is 2.18 bits per heavy atom. The van der Waals surface area contributed by atoms with Crippen LogP contribution in [0, 0.1) is 0 Å². The Morgan fingerprint density at radius 3 is 2.71 bits per heavy atom. The zero-order chi connectivity index (χ0) is 12.6. The third-order valence-electron chi connectivity index (χ3n) is 3.52. The van der Waals surface area contributed by atoms with Gasteiger partial charge in [-0.15, -0.1) is 0 Å². The van der Waals surface area contributed by atoms with Crippen LogP contribution >= 0.6 is 0 Å². The maximum absolute atomic E-state index is 13.9. The quantitative estimate of drug-likeness (QED) is 0.794. The van der Waals surface area contributed by atoms with Gasteiger partial charge in [0.15, 0.2) is 0 Å². The van der Waals surface area contributed by atoms with Crippen LogP contribution in [-0.4, -0.2) is 39.7 Å². The molecule has 0 aromatic carbocycles. The van der Waals surface area contributed by atoms with Crippen molar-refractivity contribution < 1.29 is 8.78 Å². The van der Waals surface area contributed by atoms with E-state index in [1.54, 1.807) is 24.1 Å². The molecule has 1 aliphatic heterocycles. The fourth-order valence-corrected chi connectivity index (χ4v) is 2.36. The van der Waals surface area contributed by atoms with Crippen molar-refractivity contribution in [3.63, 3.8) is 0 Å². The summed E-state index contributed by atoms with van der Waals surface area (Å²) >= 11 is 0. The average molecular weight is 243 g/mol. The monoisotopic (exact) mass is 243 g/mol. The van der Waals surface area contributed by atoms with Crippen molar-refractivity contribution >= 4 is 0 Å². The summed E-state index contributed by atoms with van der Waals surface area (Å²) in [7, 11) is 1.75. The first kappa shape index (κ1) is 12.5. The summed E-state index contributed by atoms with van der Waals surface area (Å²) in [5.41, 5.74) is 0.642. The second-order valence-corrected chi connectivity index (χ2v) is 5.10. The second-order valence-electron chi connectivity index (χ2n) is 5.10. The predicted molar refractivity (Wildman–Crippen MR) is 62.2 cm³/mol. The summed E-state index contributed by atoms with van der Waals surface area (Å²) < 4.78 is 29.5. The van der Waals surface area contributed by atoms with Gasteiger partial charge in [-0.05, 0) is 13.8 Å². The summed E-state index contributed by atoms with van der Waals surface area (Å²) in [6.07, 6.45) is 3.19. The summed E-state index contributed by atoms with van der Waals surface area (Å²) in [4.78, 5) is 2.11. The maximum Gasteiger partial charge on any atom is 0.257 e. The highest BCUT2D eigenvalue weighted by atomic mass is 19.3. The van der Waals surface area contributed by atoms with Crippen molar-refractivity contribution in [3.05, 3.63) is 18.0 Å².